The van der Waals surface area contributed by atoms with Crippen molar-refractivity contribution >= 4 is 37.9 Å². The molecule has 0 saturated heterocycles. The summed E-state index contributed by atoms with van der Waals surface area (Å²) in [5, 5.41) is 5.86. The molecular formula is C19H24FN3O6S2. The molecule has 1 amide bonds. The fourth-order valence-corrected chi connectivity index (χ4v) is 4.26. The number of thiazole rings is 1. The Morgan fingerprint density at radius 3 is 2.55 bits per heavy atom. The number of oxime groups is 1. The average molecular weight is 474 g/mol. The van der Waals surface area contributed by atoms with E-state index in [4.69, 9.17) is 14.3 Å². The fraction of sp³-hybridized carbons (Fsp3) is 0.421. The van der Waals surface area contributed by atoms with Gasteiger partial charge in [-0.1, -0.05) is 28.6 Å². The third-order valence-corrected chi connectivity index (χ3v) is 6.40. The van der Waals surface area contributed by atoms with E-state index in [9.17, 15) is 17.6 Å². The van der Waals surface area contributed by atoms with Crippen molar-refractivity contribution in [2.45, 2.75) is 24.3 Å². The molecule has 0 fully saturated rings. The van der Waals surface area contributed by atoms with Gasteiger partial charge in [0.1, 0.15) is 6.10 Å². The van der Waals surface area contributed by atoms with E-state index >= 15 is 0 Å². The molecule has 0 bridgehead atoms. The summed E-state index contributed by atoms with van der Waals surface area (Å²) in [6, 6.07) is 5.69. The number of aromatic nitrogens is 1. The molecule has 0 unspecified atom stereocenters. The van der Waals surface area contributed by atoms with Gasteiger partial charge in [-0.2, -0.15) is 4.39 Å². The van der Waals surface area contributed by atoms with Crippen LogP contribution in [0.3, 0.4) is 0 Å². The van der Waals surface area contributed by atoms with Crippen molar-refractivity contribution in [2.24, 2.45) is 5.16 Å². The molecule has 1 aromatic heterocycles. The molecule has 0 aliphatic carbocycles. The lowest BCUT2D eigenvalue weighted by Gasteiger charge is -2.11. The molecule has 9 nitrogen and oxygen atoms in total. The highest BCUT2D eigenvalue weighted by Gasteiger charge is 2.20. The second-order valence-electron chi connectivity index (χ2n) is 6.42. The number of carbonyl (C=O) groups excluding carboxylic acids is 1. The van der Waals surface area contributed by atoms with Crippen molar-refractivity contribution in [2.75, 3.05) is 38.5 Å². The Bertz CT molecular complexity index is 992. The molecule has 1 atom stereocenters. The molecule has 1 aromatic carbocycles. The lowest BCUT2D eigenvalue weighted by molar-refractivity contribution is -0.110. The van der Waals surface area contributed by atoms with Crippen molar-refractivity contribution < 1.29 is 31.9 Å². The molecule has 1 heterocycles. The molecule has 31 heavy (non-hydrogen) atoms. The third-order valence-electron chi connectivity index (χ3n) is 3.89. The summed E-state index contributed by atoms with van der Waals surface area (Å²) < 4.78 is 47.9. The summed E-state index contributed by atoms with van der Waals surface area (Å²) >= 11 is 0.661. The number of nitrogens with zero attached hydrogens (tertiary/aromatic N) is 2. The van der Waals surface area contributed by atoms with Crippen LogP contribution in [0.15, 0.2) is 40.5 Å². The lowest BCUT2D eigenvalue weighted by atomic mass is 10.1. The van der Waals surface area contributed by atoms with Crippen molar-refractivity contribution in [1.82, 2.24) is 4.98 Å². The summed E-state index contributed by atoms with van der Waals surface area (Å²) in [6.07, 6.45) is 0.911. The van der Waals surface area contributed by atoms with Crippen molar-refractivity contribution in [3.8, 4) is 0 Å². The fourth-order valence-electron chi connectivity index (χ4n) is 2.43. The Morgan fingerprint density at radius 2 is 1.97 bits per heavy atom. The maximum atomic E-state index is 13.2. The van der Waals surface area contributed by atoms with Crippen LogP contribution in [0.2, 0.25) is 0 Å². The van der Waals surface area contributed by atoms with Crippen LogP contribution in [0.1, 0.15) is 18.9 Å². The Kier molecular flexibility index (Phi) is 9.49. The summed E-state index contributed by atoms with van der Waals surface area (Å²) in [7, 11) is -0.489. The number of ether oxygens (including phenoxy) is 2. The maximum absolute atomic E-state index is 13.2. The molecule has 0 saturated carbocycles. The van der Waals surface area contributed by atoms with Crippen LogP contribution in [0.5, 0.6) is 0 Å². The SMILES string of the molecule is COCCCS(=O)(=O)c1ccc(/C(=N\O[C@H](C)COC)C(=O)Nc2ncc(F)s2)cc1. The van der Waals surface area contributed by atoms with Gasteiger partial charge >= 0.3 is 0 Å². The zero-order valence-electron chi connectivity index (χ0n) is 17.3. The minimum absolute atomic E-state index is 0.0532. The second kappa shape index (κ2) is 11.8. The molecule has 2 aromatic rings. The van der Waals surface area contributed by atoms with Gasteiger partial charge < -0.3 is 14.3 Å². The highest BCUT2D eigenvalue weighted by molar-refractivity contribution is 7.91. The predicted molar refractivity (Wildman–Crippen MR) is 115 cm³/mol. The van der Waals surface area contributed by atoms with E-state index in [1.54, 1.807) is 6.92 Å². The summed E-state index contributed by atoms with van der Waals surface area (Å²) in [5.74, 6) is -0.746. The van der Waals surface area contributed by atoms with Crippen LogP contribution in [-0.4, -0.2) is 64.3 Å². The number of halogens is 1. The molecule has 0 spiro atoms. The van der Waals surface area contributed by atoms with Gasteiger partial charge in [-0.25, -0.2) is 13.4 Å². The van der Waals surface area contributed by atoms with Gasteiger partial charge in [-0.3, -0.25) is 10.1 Å². The van der Waals surface area contributed by atoms with E-state index in [1.807, 2.05) is 0 Å². The molecule has 0 aliphatic heterocycles. The van der Waals surface area contributed by atoms with E-state index in [0.717, 1.165) is 6.20 Å². The minimum atomic E-state index is -3.49. The van der Waals surface area contributed by atoms with Crippen LogP contribution in [-0.2, 0) is 28.9 Å². The highest BCUT2D eigenvalue weighted by Crippen LogP contribution is 2.18. The van der Waals surface area contributed by atoms with Crippen molar-refractivity contribution in [3.05, 3.63) is 41.2 Å². The lowest BCUT2D eigenvalue weighted by Crippen LogP contribution is -2.25. The Morgan fingerprint density at radius 1 is 1.26 bits per heavy atom. The van der Waals surface area contributed by atoms with E-state index in [1.165, 1.54) is 38.5 Å². The monoisotopic (exact) mass is 473 g/mol. The smallest absolute Gasteiger partial charge is 0.280 e. The van der Waals surface area contributed by atoms with Gasteiger partial charge in [0.2, 0.25) is 0 Å². The number of methoxy groups -OCH3 is 2. The average Bonchev–Trinajstić information content (AvgIpc) is 3.13. The first-order chi connectivity index (χ1) is 14.8. The van der Waals surface area contributed by atoms with Crippen molar-refractivity contribution in [1.29, 1.82) is 0 Å². The van der Waals surface area contributed by atoms with Crippen LogP contribution in [0, 0.1) is 5.13 Å². The number of anilines is 1. The van der Waals surface area contributed by atoms with Crippen LogP contribution in [0.4, 0.5) is 9.52 Å². The van der Waals surface area contributed by atoms with Gasteiger partial charge in [0.05, 0.1) is 23.5 Å². The molecule has 0 radical (unpaired) electrons. The standard InChI is InChI=1S/C19H24FN3O6S2/c1-13(12-28-3)29-23-17(18(24)22-19-21-11-16(20)30-19)14-5-7-15(8-6-14)31(25,26)10-4-9-27-2/h5-8,11,13H,4,9-10,12H2,1-3H3,(H,21,22,24)/b23-17+/t13-/m1/s1. The molecule has 0 aliphatic rings. The van der Waals surface area contributed by atoms with E-state index in [0.29, 0.717) is 29.9 Å². The van der Waals surface area contributed by atoms with Gasteiger partial charge in [-0.05, 0) is 25.5 Å². The Labute approximate surface area is 184 Å². The van der Waals surface area contributed by atoms with E-state index in [-0.39, 0.29) is 28.1 Å². The number of rotatable bonds is 12. The van der Waals surface area contributed by atoms with Gasteiger partial charge in [0.15, 0.2) is 25.8 Å². The molecule has 12 heteroatoms. The zero-order valence-corrected chi connectivity index (χ0v) is 19.0. The van der Waals surface area contributed by atoms with E-state index < -0.39 is 27.0 Å². The first-order valence-electron chi connectivity index (χ1n) is 9.24. The Hall–Kier alpha value is -2.41. The van der Waals surface area contributed by atoms with Crippen LogP contribution in [0.25, 0.3) is 0 Å². The normalized spacial score (nSPS) is 13.1. The van der Waals surface area contributed by atoms with Crippen LogP contribution < -0.4 is 5.32 Å². The van der Waals surface area contributed by atoms with Crippen LogP contribution >= 0.6 is 11.3 Å². The van der Waals surface area contributed by atoms with Gasteiger partial charge in [0.25, 0.3) is 5.91 Å². The quantitative estimate of drug-likeness (QED) is 0.286. The molecule has 1 N–H and O–H groups in total. The number of hydrogen-bond acceptors (Lipinski definition) is 9. The van der Waals surface area contributed by atoms with Gasteiger partial charge in [0, 0.05) is 26.4 Å². The first kappa shape index (κ1) is 24.9. The Balaban J connectivity index is 2.26. The third kappa shape index (κ3) is 7.65. The largest absolute Gasteiger partial charge is 0.390 e. The number of hydrogen-bond donors (Lipinski definition) is 1. The minimum Gasteiger partial charge on any atom is -0.390 e. The van der Waals surface area contributed by atoms with Gasteiger partial charge in [-0.15, -0.1) is 0 Å². The molecule has 170 valence electrons. The van der Waals surface area contributed by atoms with E-state index in [2.05, 4.69) is 15.5 Å². The zero-order chi connectivity index (χ0) is 22.9. The number of amides is 1. The summed E-state index contributed by atoms with van der Waals surface area (Å²) in [5.41, 5.74) is 0.192. The maximum Gasteiger partial charge on any atom is 0.280 e. The number of sulfone groups is 1. The number of nitrogens with one attached hydrogen (secondary N) is 1. The second-order valence-corrected chi connectivity index (χ2v) is 9.51. The first-order valence-corrected chi connectivity index (χ1v) is 11.7. The molecular weight excluding hydrogens is 449 g/mol. The predicted octanol–water partition coefficient (Wildman–Crippen LogP) is 2.49. The topological polar surface area (TPSA) is 116 Å². The number of carbonyl (C=O) groups is 1. The summed E-state index contributed by atoms with van der Waals surface area (Å²) in [4.78, 5) is 21.9. The summed E-state index contributed by atoms with van der Waals surface area (Å²) in [6.45, 7) is 2.28. The highest BCUT2D eigenvalue weighted by atomic mass is 32.2. The molecule has 2 rings (SSSR count). The number of benzene rings is 1. The van der Waals surface area contributed by atoms with Crippen molar-refractivity contribution in [3.63, 3.8) is 0 Å².